The fraction of sp³-hybridized carbons (Fsp3) is 0.692. The predicted molar refractivity (Wildman–Crippen MR) is 68.4 cm³/mol. The van der Waals surface area contributed by atoms with Crippen LogP contribution in [-0.4, -0.2) is 29.7 Å². The van der Waals surface area contributed by atoms with Gasteiger partial charge in [0.05, 0.1) is 19.0 Å². The molecule has 2 heterocycles. The van der Waals surface area contributed by atoms with Crippen molar-refractivity contribution < 1.29 is 4.74 Å². The number of rotatable bonds is 3. The molecule has 1 aliphatic rings. The summed E-state index contributed by atoms with van der Waals surface area (Å²) in [5.41, 5.74) is 0. The van der Waals surface area contributed by atoms with Gasteiger partial charge in [-0.25, -0.2) is 0 Å². The number of anilines is 1. The quantitative estimate of drug-likeness (QED) is 0.806. The van der Waals surface area contributed by atoms with Gasteiger partial charge in [-0.15, -0.1) is 0 Å². The van der Waals surface area contributed by atoms with Crippen molar-refractivity contribution in [1.82, 2.24) is 9.97 Å². The van der Waals surface area contributed by atoms with Gasteiger partial charge < -0.3 is 9.64 Å². The van der Waals surface area contributed by atoms with Crippen LogP contribution in [0.15, 0.2) is 12.4 Å². The van der Waals surface area contributed by atoms with Crippen molar-refractivity contribution in [3.63, 3.8) is 0 Å². The first-order chi connectivity index (χ1) is 8.19. The zero-order valence-electron chi connectivity index (χ0n) is 10.9. The molecule has 94 valence electrons. The lowest BCUT2D eigenvalue weighted by Crippen LogP contribution is -2.39. The monoisotopic (exact) mass is 235 g/mol. The fourth-order valence-corrected chi connectivity index (χ4v) is 2.56. The predicted octanol–water partition coefficient (Wildman–Crippen LogP) is 2.36. The molecule has 0 aliphatic carbocycles. The minimum absolute atomic E-state index is 0.621. The summed E-state index contributed by atoms with van der Waals surface area (Å²) in [6.07, 6.45) is 4.80. The molecule has 2 rings (SSSR count). The van der Waals surface area contributed by atoms with Gasteiger partial charge in [0.2, 0.25) is 5.88 Å². The van der Waals surface area contributed by atoms with Crippen molar-refractivity contribution in [1.29, 1.82) is 0 Å². The summed E-state index contributed by atoms with van der Waals surface area (Å²) in [5, 5.41) is 0. The Bertz CT molecular complexity index is 359. The Morgan fingerprint density at radius 3 is 2.65 bits per heavy atom. The summed E-state index contributed by atoms with van der Waals surface area (Å²) in [5.74, 6) is 3.00. The van der Waals surface area contributed by atoms with Crippen LogP contribution in [0.1, 0.15) is 27.2 Å². The van der Waals surface area contributed by atoms with Gasteiger partial charge in [-0.2, -0.15) is 4.98 Å². The van der Waals surface area contributed by atoms with E-state index in [9.17, 15) is 0 Å². The maximum atomic E-state index is 5.39. The number of aromatic nitrogens is 2. The van der Waals surface area contributed by atoms with Gasteiger partial charge in [0.15, 0.2) is 5.82 Å². The van der Waals surface area contributed by atoms with E-state index in [0.29, 0.717) is 12.5 Å². The third-order valence-corrected chi connectivity index (χ3v) is 3.08. The zero-order valence-corrected chi connectivity index (χ0v) is 10.9. The Kier molecular flexibility index (Phi) is 3.82. The second-order valence-corrected chi connectivity index (χ2v) is 5.00. The van der Waals surface area contributed by atoms with Crippen molar-refractivity contribution in [3.8, 4) is 5.88 Å². The van der Waals surface area contributed by atoms with Crippen LogP contribution in [0.3, 0.4) is 0 Å². The molecule has 0 aromatic carbocycles. The Morgan fingerprint density at radius 2 is 2.00 bits per heavy atom. The van der Waals surface area contributed by atoms with Crippen LogP contribution in [0.5, 0.6) is 5.88 Å². The molecule has 0 spiro atoms. The molecule has 0 bridgehead atoms. The van der Waals surface area contributed by atoms with E-state index < -0.39 is 0 Å². The lowest BCUT2D eigenvalue weighted by Gasteiger charge is -2.35. The molecule has 0 saturated carbocycles. The molecule has 0 radical (unpaired) electrons. The van der Waals surface area contributed by atoms with E-state index in [0.717, 1.165) is 30.7 Å². The molecule has 4 heteroatoms. The summed E-state index contributed by atoms with van der Waals surface area (Å²) in [7, 11) is 0. The minimum atomic E-state index is 0.621. The highest BCUT2D eigenvalue weighted by molar-refractivity contribution is 5.38. The fourth-order valence-electron chi connectivity index (χ4n) is 2.56. The average Bonchev–Trinajstić information content (AvgIpc) is 2.28. The Morgan fingerprint density at radius 1 is 1.29 bits per heavy atom. The van der Waals surface area contributed by atoms with Crippen molar-refractivity contribution in [3.05, 3.63) is 12.4 Å². The summed E-state index contributed by atoms with van der Waals surface area (Å²) in [6.45, 7) is 9.30. The summed E-state index contributed by atoms with van der Waals surface area (Å²) >= 11 is 0. The largest absolute Gasteiger partial charge is 0.477 e. The first-order valence-corrected chi connectivity index (χ1v) is 6.38. The maximum absolute atomic E-state index is 5.39. The minimum Gasteiger partial charge on any atom is -0.477 e. The molecule has 1 saturated heterocycles. The molecule has 1 aromatic heterocycles. The van der Waals surface area contributed by atoms with E-state index >= 15 is 0 Å². The van der Waals surface area contributed by atoms with Gasteiger partial charge in [0.25, 0.3) is 0 Å². The third-order valence-electron chi connectivity index (χ3n) is 3.08. The normalized spacial score (nSPS) is 24.8. The van der Waals surface area contributed by atoms with Gasteiger partial charge in [-0.3, -0.25) is 4.98 Å². The summed E-state index contributed by atoms with van der Waals surface area (Å²) in [4.78, 5) is 11.0. The van der Waals surface area contributed by atoms with E-state index in [1.54, 1.807) is 6.20 Å². The van der Waals surface area contributed by atoms with Crippen LogP contribution in [0.2, 0.25) is 0 Å². The van der Waals surface area contributed by atoms with Crippen LogP contribution in [0, 0.1) is 11.8 Å². The second kappa shape index (κ2) is 5.34. The number of hydrogen-bond donors (Lipinski definition) is 0. The van der Waals surface area contributed by atoms with Gasteiger partial charge in [0, 0.05) is 13.1 Å². The van der Waals surface area contributed by atoms with Crippen LogP contribution in [0.4, 0.5) is 5.82 Å². The smallest absolute Gasteiger partial charge is 0.234 e. The number of nitrogens with zero attached hydrogens (tertiary/aromatic N) is 3. The van der Waals surface area contributed by atoms with Gasteiger partial charge in [-0.05, 0) is 25.2 Å². The summed E-state index contributed by atoms with van der Waals surface area (Å²) < 4.78 is 5.39. The van der Waals surface area contributed by atoms with Gasteiger partial charge >= 0.3 is 0 Å². The van der Waals surface area contributed by atoms with Crippen molar-refractivity contribution in [2.45, 2.75) is 27.2 Å². The Balaban J connectivity index is 2.12. The SMILES string of the molecule is CCOc1cncc(N2CC(C)CC(C)C2)n1. The van der Waals surface area contributed by atoms with Crippen LogP contribution < -0.4 is 9.64 Å². The van der Waals surface area contributed by atoms with Crippen LogP contribution in [-0.2, 0) is 0 Å². The number of hydrogen-bond acceptors (Lipinski definition) is 4. The maximum Gasteiger partial charge on any atom is 0.234 e. The molecule has 2 unspecified atom stereocenters. The zero-order chi connectivity index (χ0) is 12.3. The van der Waals surface area contributed by atoms with Crippen molar-refractivity contribution in [2.24, 2.45) is 11.8 Å². The van der Waals surface area contributed by atoms with E-state index in [1.165, 1.54) is 6.42 Å². The molecule has 1 aliphatic heterocycles. The average molecular weight is 235 g/mol. The van der Waals surface area contributed by atoms with Gasteiger partial charge in [0.1, 0.15) is 0 Å². The van der Waals surface area contributed by atoms with Crippen molar-refractivity contribution in [2.75, 3.05) is 24.6 Å². The number of piperidine rings is 1. The van der Waals surface area contributed by atoms with E-state index in [-0.39, 0.29) is 0 Å². The standard InChI is InChI=1S/C13H21N3O/c1-4-17-13-7-14-6-12(15-13)16-8-10(2)5-11(3)9-16/h6-7,10-11H,4-5,8-9H2,1-3H3. The molecule has 0 amide bonds. The molecule has 17 heavy (non-hydrogen) atoms. The topological polar surface area (TPSA) is 38.2 Å². The molecular weight excluding hydrogens is 214 g/mol. The molecule has 2 atom stereocenters. The highest BCUT2D eigenvalue weighted by atomic mass is 16.5. The van der Waals surface area contributed by atoms with Crippen LogP contribution >= 0.6 is 0 Å². The second-order valence-electron chi connectivity index (χ2n) is 5.00. The van der Waals surface area contributed by atoms with Gasteiger partial charge in [-0.1, -0.05) is 13.8 Å². The van der Waals surface area contributed by atoms with Crippen LogP contribution in [0.25, 0.3) is 0 Å². The Hall–Kier alpha value is -1.32. The molecule has 1 fully saturated rings. The summed E-state index contributed by atoms with van der Waals surface area (Å²) in [6, 6.07) is 0. The first-order valence-electron chi connectivity index (χ1n) is 6.38. The lowest BCUT2D eigenvalue weighted by molar-refractivity contribution is 0.322. The highest BCUT2D eigenvalue weighted by Gasteiger charge is 2.23. The van der Waals surface area contributed by atoms with E-state index in [4.69, 9.17) is 4.74 Å². The number of ether oxygens (including phenoxy) is 1. The molecular formula is C13H21N3O. The van der Waals surface area contributed by atoms with E-state index in [2.05, 4.69) is 28.7 Å². The van der Waals surface area contributed by atoms with E-state index in [1.807, 2.05) is 13.1 Å². The third kappa shape index (κ3) is 3.08. The van der Waals surface area contributed by atoms with Crippen molar-refractivity contribution >= 4 is 5.82 Å². The Labute approximate surface area is 103 Å². The molecule has 0 N–H and O–H groups in total. The highest BCUT2D eigenvalue weighted by Crippen LogP contribution is 2.25. The lowest BCUT2D eigenvalue weighted by atomic mass is 9.92. The molecule has 1 aromatic rings. The molecule has 4 nitrogen and oxygen atoms in total. The first kappa shape index (κ1) is 12.1.